The average molecular weight is 528 g/mol. The van der Waals surface area contributed by atoms with Crippen LogP contribution in [0.1, 0.15) is 53.0 Å². The number of hydrogen-bond acceptors (Lipinski definition) is 5. The van der Waals surface area contributed by atoms with Crippen LogP contribution in [-0.4, -0.2) is 27.5 Å². The summed E-state index contributed by atoms with van der Waals surface area (Å²) >= 11 is 0. The van der Waals surface area contributed by atoms with E-state index in [1.54, 1.807) is 0 Å². The predicted molar refractivity (Wildman–Crippen MR) is 116 cm³/mol. The van der Waals surface area contributed by atoms with Crippen LogP contribution in [0.4, 0.5) is 30.7 Å². The average Bonchev–Trinajstić information content (AvgIpc) is 3.70. The number of amides is 1. The van der Waals surface area contributed by atoms with E-state index >= 15 is 0 Å². The Hall–Kier alpha value is -3.77. The maximum absolute atomic E-state index is 14.6. The molecule has 1 fully saturated rings. The van der Waals surface area contributed by atoms with Crippen molar-refractivity contribution in [3.8, 4) is 17.1 Å². The molecule has 1 aromatic carbocycles. The van der Waals surface area contributed by atoms with Crippen LogP contribution in [0.2, 0.25) is 0 Å². The summed E-state index contributed by atoms with van der Waals surface area (Å²) in [5.41, 5.74) is -2.33. The van der Waals surface area contributed by atoms with Crippen LogP contribution in [0, 0.1) is 5.92 Å². The minimum Gasteiger partial charge on any atom is -0.433 e. The highest BCUT2D eigenvalue weighted by atomic mass is 19.4. The van der Waals surface area contributed by atoms with E-state index in [1.165, 1.54) is 31.5 Å². The van der Waals surface area contributed by atoms with Gasteiger partial charge in [0.15, 0.2) is 0 Å². The van der Waals surface area contributed by atoms with Crippen molar-refractivity contribution in [2.75, 3.05) is 0 Å². The van der Waals surface area contributed by atoms with E-state index < -0.39 is 53.3 Å². The second kappa shape index (κ2) is 9.94. The van der Waals surface area contributed by atoms with Gasteiger partial charge in [-0.1, -0.05) is 0 Å². The minimum absolute atomic E-state index is 0.154. The van der Waals surface area contributed by atoms with E-state index in [2.05, 4.69) is 25.0 Å². The summed E-state index contributed by atoms with van der Waals surface area (Å²) < 4.78 is 98.6. The maximum Gasteiger partial charge on any atom is 0.416 e. The summed E-state index contributed by atoms with van der Waals surface area (Å²) in [5, 5.41) is 2.46. The monoisotopic (exact) mass is 528 g/mol. The number of pyridine rings is 1. The second-order valence-electron chi connectivity index (χ2n) is 8.44. The molecule has 196 valence electrons. The lowest BCUT2D eigenvalue weighted by Gasteiger charge is -2.20. The van der Waals surface area contributed by atoms with Crippen molar-refractivity contribution in [1.29, 1.82) is 0 Å². The number of aromatic nitrogens is 3. The standard InChI is InChI=1S/C24H19F7N4O2/c1-12(19-20(33-7-6-32-19)18-5-4-17(11-34-18)37-22(25)26)35-21(36)13-8-15(23(27,28)14-2-3-14)10-16(9-13)24(29,30)31/h4-12,14,22H,2-3H2,1H3,(H,35,36). The molecule has 1 amide bonds. The smallest absolute Gasteiger partial charge is 0.416 e. The molecule has 4 rings (SSSR count). The first kappa shape index (κ1) is 26.3. The van der Waals surface area contributed by atoms with Crippen LogP contribution in [0.5, 0.6) is 5.75 Å². The second-order valence-corrected chi connectivity index (χ2v) is 8.44. The van der Waals surface area contributed by atoms with Gasteiger partial charge in [-0.15, -0.1) is 0 Å². The quantitative estimate of drug-likeness (QED) is 0.355. The summed E-state index contributed by atoms with van der Waals surface area (Å²) in [5.74, 6) is -5.81. The Balaban J connectivity index is 1.61. The molecule has 0 bridgehead atoms. The Morgan fingerprint density at radius 1 is 1.00 bits per heavy atom. The van der Waals surface area contributed by atoms with Gasteiger partial charge in [-0.05, 0) is 50.1 Å². The van der Waals surface area contributed by atoms with Gasteiger partial charge in [0.2, 0.25) is 0 Å². The Kier molecular flexibility index (Phi) is 7.07. The molecule has 1 saturated carbocycles. The molecule has 1 unspecified atom stereocenters. The van der Waals surface area contributed by atoms with Gasteiger partial charge in [0, 0.05) is 29.4 Å². The lowest BCUT2D eigenvalue weighted by molar-refractivity contribution is -0.137. The van der Waals surface area contributed by atoms with Crippen LogP contribution in [0.25, 0.3) is 11.4 Å². The highest BCUT2D eigenvalue weighted by Gasteiger charge is 2.49. The van der Waals surface area contributed by atoms with Gasteiger partial charge in [-0.3, -0.25) is 19.7 Å². The van der Waals surface area contributed by atoms with E-state index in [-0.39, 0.29) is 35.7 Å². The molecule has 2 heterocycles. The number of halogens is 7. The van der Waals surface area contributed by atoms with E-state index in [9.17, 15) is 35.5 Å². The number of rotatable bonds is 8. The van der Waals surface area contributed by atoms with Crippen molar-refractivity contribution < 1.29 is 40.3 Å². The zero-order valence-corrected chi connectivity index (χ0v) is 19.1. The molecule has 0 radical (unpaired) electrons. The van der Waals surface area contributed by atoms with E-state index in [0.717, 1.165) is 12.3 Å². The molecular weight excluding hydrogens is 509 g/mol. The Labute approximate surface area is 205 Å². The Morgan fingerprint density at radius 3 is 2.27 bits per heavy atom. The third kappa shape index (κ3) is 5.97. The van der Waals surface area contributed by atoms with Gasteiger partial charge >= 0.3 is 12.8 Å². The molecule has 0 spiro atoms. The Morgan fingerprint density at radius 2 is 1.68 bits per heavy atom. The molecule has 13 heteroatoms. The van der Waals surface area contributed by atoms with Gasteiger partial charge < -0.3 is 10.1 Å². The first-order valence-corrected chi connectivity index (χ1v) is 11.0. The van der Waals surface area contributed by atoms with Crippen LogP contribution < -0.4 is 10.1 Å². The maximum atomic E-state index is 14.6. The van der Waals surface area contributed by atoms with E-state index in [0.29, 0.717) is 12.1 Å². The number of benzene rings is 1. The number of nitrogens with one attached hydrogen (secondary N) is 1. The Bertz CT molecular complexity index is 1280. The predicted octanol–water partition coefficient (Wildman–Crippen LogP) is 6.15. The zero-order valence-electron chi connectivity index (χ0n) is 19.1. The normalized spacial score (nSPS) is 14.9. The lowest BCUT2D eigenvalue weighted by Crippen LogP contribution is -2.29. The van der Waals surface area contributed by atoms with Gasteiger partial charge in [0.1, 0.15) is 11.4 Å². The molecule has 37 heavy (non-hydrogen) atoms. The van der Waals surface area contributed by atoms with Crippen molar-refractivity contribution in [2.45, 2.75) is 44.5 Å². The summed E-state index contributed by atoms with van der Waals surface area (Å²) in [6.07, 6.45) is -0.930. The van der Waals surface area contributed by atoms with Crippen molar-refractivity contribution in [3.05, 3.63) is 71.3 Å². The SMILES string of the molecule is CC(NC(=O)c1cc(C(F)(F)F)cc(C(F)(F)C2CC2)c1)c1nccnc1-c1ccc(OC(F)F)cn1. The molecule has 1 N–H and O–H groups in total. The topological polar surface area (TPSA) is 77.0 Å². The number of ether oxygens (including phenoxy) is 1. The lowest BCUT2D eigenvalue weighted by atomic mass is 9.97. The van der Waals surface area contributed by atoms with E-state index in [4.69, 9.17) is 0 Å². The van der Waals surface area contributed by atoms with Crippen LogP contribution in [-0.2, 0) is 12.1 Å². The summed E-state index contributed by atoms with van der Waals surface area (Å²) in [6.45, 7) is -1.58. The molecule has 3 aromatic rings. The highest BCUT2D eigenvalue weighted by Crippen LogP contribution is 2.50. The van der Waals surface area contributed by atoms with Crippen molar-refractivity contribution >= 4 is 5.91 Å². The fourth-order valence-electron chi connectivity index (χ4n) is 3.70. The number of carbonyl (C=O) groups excluding carboxylic acids is 1. The van der Waals surface area contributed by atoms with Crippen LogP contribution >= 0.6 is 0 Å². The van der Waals surface area contributed by atoms with Gasteiger partial charge in [0.25, 0.3) is 11.8 Å². The largest absolute Gasteiger partial charge is 0.433 e. The molecule has 1 aliphatic carbocycles. The summed E-state index contributed by atoms with van der Waals surface area (Å²) in [7, 11) is 0. The molecule has 1 atom stereocenters. The highest BCUT2D eigenvalue weighted by molar-refractivity contribution is 5.95. The first-order valence-electron chi connectivity index (χ1n) is 11.0. The van der Waals surface area contributed by atoms with Gasteiger partial charge in [0.05, 0.1) is 29.2 Å². The number of nitrogens with zero attached hydrogens (tertiary/aromatic N) is 3. The minimum atomic E-state index is -4.94. The number of hydrogen-bond donors (Lipinski definition) is 1. The zero-order chi connectivity index (χ0) is 27.0. The molecule has 0 aliphatic heterocycles. The third-order valence-electron chi connectivity index (χ3n) is 5.69. The van der Waals surface area contributed by atoms with Crippen LogP contribution in [0.15, 0.2) is 48.9 Å². The van der Waals surface area contributed by atoms with E-state index in [1.807, 2.05) is 0 Å². The van der Waals surface area contributed by atoms with Gasteiger partial charge in [-0.25, -0.2) is 8.78 Å². The number of alkyl halides is 7. The summed E-state index contributed by atoms with van der Waals surface area (Å²) in [4.78, 5) is 25.2. The fraction of sp³-hybridized carbons (Fsp3) is 0.333. The van der Waals surface area contributed by atoms with Crippen molar-refractivity contribution in [2.24, 2.45) is 5.92 Å². The molecule has 1 aliphatic rings. The third-order valence-corrected chi connectivity index (χ3v) is 5.69. The molecule has 6 nitrogen and oxygen atoms in total. The van der Waals surface area contributed by atoms with Gasteiger partial charge in [-0.2, -0.15) is 22.0 Å². The van der Waals surface area contributed by atoms with Crippen molar-refractivity contribution in [1.82, 2.24) is 20.3 Å². The molecular formula is C24H19F7N4O2. The fourth-order valence-corrected chi connectivity index (χ4v) is 3.70. The first-order chi connectivity index (χ1) is 17.4. The molecule has 0 saturated heterocycles. The summed E-state index contributed by atoms with van der Waals surface area (Å²) in [6, 6.07) is 3.24. The number of carbonyl (C=O) groups is 1. The van der Waals surface area contributed by atoms with Crippen molar-refractivity contribution in [3.63, 3.8) is 0 Å². The van der Waals surface area contributed by atoms with Crippen LogP contribution in [0.3, 0.4) is 0 Å². The molecule has 2 aromatic heterocycles.